The first-order valence-corrected chi connectivity index (χ1v) is 4.01. The molecule has 1 heterocycles. The van der Waals surface area contributed by atoms with Gasteiger partial charge in [-0.3, -0.25) is 4.79 Å². The van der Waals surface area contributed by atoms with Crippen molar-refractivity contribution in [3.05, 3.63) is 28.7 Å². The largest absolute Gasteiger partial charge is 0.320 e. The number of hydrogen-bond donors (Lipinski definition) is 1. The summed E-state index contributed by atoms with van der Waals surface area (Å²) in [6.07, 6.45) is 2.55. The Balaban J connectivity index is 2.52. The fraction of sp³-hybridized carbons (Fsp3) is 0.500. The van der Waals surface area contributed by atoms with E-state index in [4.69, 9.17) is 0 Å². The van der Waals surface area contributed by atoms with Gasteiger partial charge in [-0.25, -0.2) is 4.68 Å². The van der Waals surface area contributed by atoms with Gasteiger partial charge in [0.05, 0.1) is 0 Å². The highest BCUT2D eigenvalue weighted by molar-refractivity contribution is 4.84. The van der Waals surface area contributed by atoms with Crippen LogP contribution in [0.15, 0.2) is 23.1 Å². The van der Waals surface area contributed by atoms with E-state index in [1.54, 1.807) is 12.3 Å². The highest BCUT2D eigenvalue weighted by Crippen LogP contribution is 1.81. The van der Waals surface area contributed by atoms with Crippen LogP contribution in [0, 0.1) is 0 Å². The quantitative estimate of drug-likeness (QED) is 0.634. The van der Waals surface area contributed by atoms with E-state index in [9.17, 15) is 4.79 Å². The molecular formula is C8H13N3O. The summed E-state index contributed by atoms with van der Waals surface area (Å²) in [6.45, 7) is 1.59. The minimum Gasteiger partial charge on any atom is -0.320 e. The molecule has 0 atom stereocenters. The summed E-state index contributed by atoms with van der Waals surface area (Å²) in [5.41, 5.74) is -0.0337. The van der Waals surface area contributed by atoms with E-state index < -0.39 is 0 Å². The van der Waals surface area contributed by atoms with Crippen molar-refractivity contribution in [3.8, 4) is 0 Å². The van der Waals surface area contributed by atoms with Gasteiger partial charge in [0.1, 0.15) is 0 Å². The number of aromatic nitrogens is 2. The van der Waals surface area contributed by atoms with Crippen LogP contribution >= 0.6 is 0 Å². The molecule has 4 heteroatoms. The molecule has 0 aliphatic rings. The number of hydrogen-bond acceptors (Lipinski definition) is 3. The highest BCUT2D eigenvalue weighted by atomic mass is 16.1. The van der Waals surface area contributed by atoms with Crippen LogP contribution in [0.2, 0.25) is 0 Å². The maximum absolute atomic E-state index is 11.1. The molecule has 1 aromatic rings. The predicted octanol–water partition coefficient (Wildman–Crippen LogP) is -0.147. The molecule has 0 saturated heterocycles. The molecule has 0 bridgehead atoms. The van der Waals surface area contributed by atoms with Gasteiger partial charge >= 0.3 is 0 Å². The standard InChI is InChI=1S/C8H13N3O/c1-9-5-3-7-11-8(12)4-2-6-10-11/h2,4,6,9H,3,5,7H2,1H3. The molecule has 0 saturated carbocycles. The molecule has 0 aromatic carbocycles. The summed E-state index contributed by atoms with van der Waals surface area (Å²) < 4.78 is 1.47. The minimum absolute atomic E-state index is 0.0337. The van der Waals surface area contributed by atoms with E-state index in [0.29, 0.717) is 6.54 Å². The Morgan fingerprint density at radius 3 is 3.17 bits per heavy atom. The van der Waals surface area contributed by atoms with Crippen LogP contribution in [0.25, 0.3) is 0 Å². The molecule has 12 heavy (non-hydrogen) atoms. The van der Waals surface area contributed by atoms with E-state index in [1.807, 2.05) is 7.05 Å². The van der Waals surface area contributed by atoms with Crippen molar-refractivity contribution in [3.63, 3.8) is 0 Å². The van der Waals surface area contributed by atoms with Gasteiger partial charge in [0.15, 0.2) is 0 Å². The van der Waals surface area contributed by atoms with Crippen molar-refractivity contribution in [2.45, 2.75) is 13.0 Å². The Kier molecular flexibility index (Phi) is 3.47. The Morgan fingerprint density at radius 2 is 2.50 bits per heavy atom. The molecule has 0 unspecified atom stereocenters. The second-order valence-corrected chi connectivity index (χ2v) is 2.54. The van der Waals surface area contributed by atoms with Crippen LogP contribution in [0.1, 0.15) is 6.42 Å². The number of nitrogens with one attached hydrogen (secondary N) is 1. The highest BCUT2D eigenvalue weighted by Gasteiger charge is 1.92. The molecule has 66 valence electrons. The maximum atomic E-state index is 11.1. The molecule has 1 aromatic heterocycles. The van der Waals surface area contributed by atoms with E-state index in [0.717, 1.165) is 13.0 Å². The van der Waals surface area contributed by atoms with Gasteiger partial charge in [0, 0.05) is 18.8 Å². The van der Waals surface area contributed by atoms with Crippen molar-refractivity contribution in [2.24, 2.45) is 0 Å². The van der Waals surface area contributed by atoms with Crippen molar-refractivity contribution in [1.82, 2.24) is 15.1 Å². The summed E-state index contributed by atoms with van der Waals surface area (Å²) in [5.74, 6) is 0. The van der Waals surface area contributed by atoms with Crippen molar-refractivity contribution >= 4 is 0 Å². The second kappa shape index (κ2) is 4.66. The molecule has 0 spiro atoms. The summed E-state index contributed by atoms with van der Waals surface area (Å²) in [6, 6.07) is 3.17. The topological polar surface area (TPSA) is 46.9 Å². The Morgan fingerprint density at radius 1 is 1.67 bits per heavy atom. The van der Waals surface area contributed by atoms with E-state index in [-0.39, 0.29) is 5.56 Å². The summed E-state index contributed by atoms with van der Waals surface area (Å²) >= 11 is 0. The first-order chi connectivity index (χ1) is 5.84. The molecule has 0 aliphatic carbocycles. The summed E-state index contributed by atoms with van der Waals surface area (Å²) in [4.78, 5) is 11.1. The first-order valence-electron chi connectivity index (χ1n) is 4.01. The number of rotatable bonds is 4. The van der Waals surface area contributed by atoms with Gasteiger partial charge in [-0.05, 0) is 26.1 Å². The zero-order valence-corrected chi connectivity index (χ0v) is 7.16. The van der Waals surface area contributed by atoms with Crippen LogP contribution in [-0.4, -0.2) is 23.4 Å². The first kappa shape index (κ1) is 8.93. The zero-order chi connectivity index (χ0) is 8.81. The lowest BCUT2D eigenvalue weighted by atomic mass is 10.4. The van der Waals surface area contributed by atoms with Crippen LogP contribution in [0.3, 0.4) is 0 Å². The van der Waals surface area contributed by atoms with Crippen LogP contribution in [0.4, 0.5) is 0 Å². The molecule has 0 fully saturated rings. The van der Waals surface area contributed by atoms with E-state index >= 15 is 0 Å². The van der Waals surface area contributed by atoms with Crippen LogP contribution in [-0.2, 0) is 6.54 Å². The van der Waals surface area contributed by atoms with Gasteiger partial charge in [-0.2, -0.15) is 5.10 Å². The molecule has 0 aliphatic heterocycles. The predicted molar refractivity (Wildman–Crippen MR) is 47.0 cm³/mol. The van der Waals surface area contributed by atoms with Gasteiger partial charge in [-0.1, -0.05) is 0 Å². The van der Waals surface area contributed by atoms with Gasteiger partial charge in [0.25, 0.3) is 5.56 Å². The molecule has 4 nitrogen and oxygen atoms in total. The normalized spacial score (nSPS) is 10.1. The zero-order valence-electron chi connectivity index (χ0n) is 7.16. The molecule has 1 rings (SSSR count). The molecule has 0 radical (unpaired) electrons. The Hall–Kier alpha value is -1.16. The van der Waals surface area contributed by atoms with E-state index in [1.165, 1.54) is 10.7 Å². The molecule has 0 amide bonds. The molecule has 1 N–H and O–H groups in total. The lowest BCUT2D eigenvalue weighted by molar-refractivity contribution is 0.536. The lowest BCUT2D eigenvalue weighted by Gasteiger charge is -2.01. The van der Waals surface area contributed by atoms with Crippen molar-refractivity contribution < 1.29 is 0 Å². The second-order valence-electron chi connectivity index (χ2n) is 2.54. The van der Waals surface area contributed by atoms with Crippen LogP contribution < -0.4 is 10.9 Å². The smallest absolute Gasteiger partial charge is 0.266 e. The SMILES string of the molecule is CNCCCn1ncccc1=O. The average Bonchev–Trinajstić information content (AvgIpc) is 2.09. The lowest BCUT2D eigenvalue weighted by Crippen LogP contribution is -2.23. The summed E-state index contributed by atoms with van der Waals surface area (Å²) in [5, 5.41) is 6.94. The third kappa shape index (κ3) is 2.47. The fourth-order valence-electron chi connectivity index (χ4n) is 0.961. The Labute approximate surface area is 71.2 Å². The number of aryl methyl sites for hydroxylation is 1. The van der Waals surface area contributed by atoms with Crippen molar-refractivity contribution in [1.29, 1.82) is 0 Å². The number of nitrogens with zero attached hydrogens (tertiary/aromatic N) is 2. The summed E-state index contributed by atoms with van der Waals surface area (Å²) in [7, 11) is 1.89. The third-order valence-electron chi connectivity index (χ3n) is 1.58. The van der Waals surface area contributed by atoms with E-state index in [2.05, 4.69) is 10.4 Å². The van der Waals surface area contributed by atoms with Gasteiger partial charge in [0.2, 0.25) is 0 Å². The monoisotopic (exact) mass is 167 g/mol. The Bertz CT molecular complexity index is 282. The third-order valence-corrected chi connectivity index (χ3v) is 1.58. The maximum Gasteiger partial charge on any atom is 0.266 e. The van der Waals surface area contributed by atoms with Crippen molar-refractivity contribution in [2.75, 3.05) is 13.6 Å². The average molecular weight is 167 g/mol. The molecular weight excluding hydrogens is 154 g/mol. The van der Waals surface area contributed by atoms with Crippen LogP contribution in [0.5, 0.6) is 0 Å². The van der Waals surface area contributed by atoms with Gasteiger partial charge < -0.3 is 5.32 Å². The van der Waals surface area contributed by atoms with Gasteiger partial charge in [-0.15, -0.1) is 0 Å². The minimum atomic E-state index is -0.0337. The fourth-order valence-corrected chi connectivity index (χ4v) is 0.961.